The molecule has 0 spiro atoms. The summed E-state index contributed by atoms with van der Waals surface area (Å²) in [5.41, 5.74) is 3.54. The zero-order valence-electron chi connectivity index (χ0n) is 20.9. The number of furan rings is 1. The van der Waals surface area contributed by atoms with Gasteiger partial charge in [0.1, 0.15) is 5.58 Å². The van der Waals surface area contributed by atoms with Gasteiger partial charge in [0.2, 0.25) is 0 Å². The molecule has 2 heterocycles. The molecule has 1 N–H and O–H groups in total. The maximum absolute atomic E-state index is 11.7. The summed E-state index contributed by atoms with van der Waals surface area (Å²) < 4.78 is 5.97. The van der Waals surface area contributed by atoms with E-state index in [0.717, 1.165) is 58.9 Å². The molecule has 4 nitrogen and oxygen atoms in total. The Bertz CT molecular complexity index is 1240. The normalized spacial score (nSPS) is 11.4. The molecule has 2 aromatic heterocycles. The van der Waals surface area contributed by atoms with E-state index < -0.39 is 0 Å². The van der Waals surface area contributed by atoms with Gasteiger partial charge in [-0.2, -0.15) is 0 Å². The number of hydrogen-bond acceptors (Lipinski definition) is 4. The van der Waals surface area contributed by atoms with Crippen molar-refractivity contribution in [2.24, 2.45) is 11.8 Å². The van der Waals surface area contributed by atoms with Gasteiger partial charge in [-0.25, -0.2) is 0 Å². The van der Waals surface area contributed by atoms with Gasteiger partial charge >= 0.3 is 0 Å². The van der Waals surface area contributed by atoms with E-state index in [-0.39, 0.29) is 43.5 Å². The van der Waals surface area contributed by atoms with Gasteiger partial charge in [-0.3, -0.25) is 4.79 Å². The van der Waals surface area contributed by atoms with Crippen LogP contribution in [0.15, 0.2) is 77.0 Å². The minimum atomic E-state index is 0. The molecule has 0 bridgehead atoms. The van der Waals surface area contributed by atoms with Gasteiger partial charge in [-0.05, 0) is 43.5 Å². The average molecular weight is 649 g/mol. The van der Waals surface area contributed by atoms with Gasteiger partial charge in [-0.1, -0.05) is 69.0 Å². The monoisotopic (exact) mass is 649 g/mol. The van der Waals surface area contributed by atoms with Crippen molar-refractivity contribution in [2.75, 3.05) is 0 Å². The average Bonchev–Trinajstić information content (AvgIpc) is 3.25. The number of aliphatic hydroxyl groups is 1. The van der Waals surface area contributed by atoms with Gasteiger partial charge in [0.25, 0.3) is 0 Å². The predicted molar refractivity (Wildman–Crippen MR) is 140 cm³/mol. The van der Waals surface area contributed by atoms with Crippen molar-refractivity contribution in [3.05, 3.63) is 78.7 Å². The van der Waals surface area contributed by atoms with Crippen LogP contribution < -0.4 is 0 Å². The van der Waals surface area contributed by atoms with Crippen LogP contribution in [0.4, 0.5) is 0 Å². The third-order valence-corrected chi connectivity index (χ3v) is 6.34. The molecule has 0 aliphatic rings. The zero-order valence-corrected chi connectivity index (χ0v) is 23.3. The summed E-state index contributed by atoms with van der Waals surface area (Å²) in [7, 11) is 0. The van der Waals surface area contributed by atoms with Crippen LogP contribution in [0.3, 0.4) is 0 Å². The molecule has 0 saturated carbocycles. The minimum absolute atomic E-state index is 0. The molecule has 0 unspecified atom stereocenters. The van der Waals surface area contributed by atoms with Gasteiger partial charge in [0.15, 0.2) is 5.78 Å². The number of rotatable bonds is 8. The fraction of sp³-hybridized carbons (Fsp3) is 0.333. The van der Waals surface area contributed by atoms with Crippen molar-refractivity contribution in [3.63, 3.8) is 0 Å². The van der Waals surface area contributed by atoms with E-state index >= 15 is 0 Å². The van der Waals surface area contributed by atoms with Crippen molar-refractivity contribution in [1.29, 1.82) is 0 Å². The Morgan fingerprint density at radius 1 is 0.943 bits per heavy atom. The van der Waals surface area contributed by atoms with E-state index in [1.807, 2.05) is 76.2 Å². The van der Waals surface area contributed by atoms with E-state index in [4.69, 9.17) is 4.42 Å². The second-order valence-electron chi connectivity index (χ2n) is 8.41. The van der Waals surface area contributed by atoms with Crippen LogP contribution in [0.5, 0.6) is 0 Å². The molecule has 2 aromatic carbocycles. The maximum atomic E-state index is 11.7. The largest absolute Gasteiger partial charge is 0.512 e. The number of aromatic nitrogens is 1. The summed E-state index contributed by atoms with van der Waals surface area (Å²) in [6.07, 6.45) is 6.69. The Labute approximate surface area is 221 Å². The SMILES string of the molecule is CCC(CC)C(=O)/C=C(\O)C(CC)CC.[Ir].[c-]1ccc2c(oc3ccccc32)c1-c1ccccn1. The number of nitrogens with zero attached hydrogens (tertiary/aromatic N) is 1. The van der Waals surface area contributed by atoms with E-state index in [0.29, 0.717) is 0 Å². The summed E-state index contributed by atoms with van der Waals surface area (Å²) in [4.78, 5) is 16.1. The summed E-state index contributed by atoms with van der Waals surface area (Å²) in [6.45, 7) is 8.07. The molecule has 4 aromatic rings. The quantitative estimate of drug-likeness (QED) is 0.119. The third-order valence-electron chi connectivity index (χ3n) is 6.34. The zero-order chi connectivity index (χ0) is 24.5. The molecule has 35 heavy (non-hydrogen) atoms. The van der Waals surface area contributed by atoms with Crippen LogP contribution in [0.2, 0.25) is 0 Å². The summed E-state index contributed by atoms with van der Waals surface area (Å²) in [5.74, 6) is 0.547. The van der Waals surface area contributed by atoms with Crippen molar-refractivity contribution in [2.45, 2.75) is 53.4 Å². The number of carbonyl (C=O) groups is 1. The van der Waals surface area contributed by atoms with E-state index in [1.165, 1.54) is 6.08 Å². The molecular formula is C30H34IrNO3-. The molecule has 0 amide bonds. The Morgan fingerprint density at radius 3 is 2.23 bits per heavy atom. The van der Waals surface area contributed by atoms with Crippen LogP contribution in [0.25, 0.3) is 33.2 Å². The number of pyridine rings is 1. The molecular weight excluding hydrogens is 615 g/mol. The van der Waals surface area contributed by atoms with Crippen LogP contribution in [0.1, 0.15) is 53.4 Å². The van der Waals surface area contributed by atoms with E-state index in [9.17, 15) is 9.90 Å². The second kappa shape index (κ2) is 14.0. The Kier molecular flexibility index (Phi) is 11.4. The molecule has 0 aliphatic heterocycles. The Morgan fingerprint density at radius 2 is 1.60 bits per heavy atom. The Hall–Kier alpha value is -2.75. The number of fused-ring (bicyclic) bond motifs is 3. The molecule has 0 saturated heterocycles. The minimum Gasteiger partial charge on any atom is -0.512 e. The molecule has 0 fully saturated rings. The second-order valence-corrected chi connectivity index (χ2v) is 8.41. The summed E-state index contributed by atoms with van der Waals surface area (Å²) in [5, 5.41) is 12.0. The maximum Gasteiger partial charge on any atom is 0.162 e. The van der Waals surface area contributed by atoms with Crippen molar-refractivity contribution >= 4 is 27.7 Å². The van der Waals surface area contributed by atoms with Gasteiger partial charge in [0, 0.05) is 49.6 Å². The first kappa shape index (κ1) is 28.5. The summed E-state index contributed by atoms with van der Waals surface area (Å²) in [6, 6.07) is 21.1. The van der Waals surface area contributed by atoms with Gasteiger partial charge in [-0.15, -0.1) is 18.2 Å². The van der Waals surface area contributed by atoms with Crippen molar-refractivity contribution in [3.8, 4) is 11.3 Å². The predicted octanol–water partition coefficient (Wildman–Crippen LogP) is 8.32. The first-order chi connectivity index (χ1) is 16.5. The fourth-order valence-electron chi connectivity index (χ4n) is 4.17. The standard InChI is InChI=1S/C17H10NO.C13H24O2.Ir/c1-2-10-16-12(6-1)13-7-5-8-14(17(13)19-16)15-9-3-4-11-18-15;1-5-10(6-2)12(14)9-13(15)11(7-3)8-4;/h1-7,9-11H;9-11,14H,5-8H2,1-4H3;/q-1;;/b;12-9-;. The van der Waals surface area contributed by atoms with Crippen LogP contribution in [-0.4, -0.2) is 15.9 Å². The molecule has 0 aliphatic carbocycles. The molecule has 4 rings (SSSR count). The number of ketones is 1. The Balaban J connectivity index is 0.000000249. The van der Waals surface area contributed by atoms with Gasteiger partial charge in [0.05, 0.1) is 11.3 Å². The first-order valence-corrected chi connectivity index (χ1v) is 12.2. The molecule has 1 radical (unpaired) electrons. The van der Waals surface area contributed by atoms with Crippen molar-refractivity contribution < 1.29 is 34.4 Å². The number of aliphatic hydroxyl groups excluding tert-OH is 1. The van der Waals surface area contributed by atoms with E-state index in [2.05, 4.69) is 17.1 Å². The number of carbonyl (C=O) groups excluding carboxylic acids is 1. The number of para-hydroxylation sites is 1. The molecule has 5 heteroatoms. The molecule has 187 valence electrons. The van der Waals surface area contributed by atoms with Crippen molar-refractivity contribution in [1.82, 2.24) is 4.98 Å². The number of benzene rings is 2. The number of hydrogen-bond donors (Lipinski definition) is 1. The number of allylic oxidation sites excluding steroid dienone is 2. The first-order valence-electron chi connectivity index (χ1n) is 12.2. The van der Waals surface area contributed by atoms with Gasteiger partial charge < -0.3 is 14.5 Å². The van der Waals surface area contributed by atoms with Crippen LogP contribution >= 0.6 is 0 Å². The van der Waals surface area contributed by atoms with Crippen LogP contribution in [-0.2, 0) is 24.9 Å². The topological polar surface area (TPSA) is 63.3 Å². The molecule has 0 atom stereocenters. The fourth-order valence-corrected chi connectivity index (χ4v) is 4.17. The van der Waals surface area contributed by atoms with E-state index in [1.54, 1.807) is 6.20 Å². The summed E-state index contributed by atoms with van der Waals surface area (Å²) >= 11 is 0. The third kappa shape index (κ3) is 6.90. The van der Waals surface area contributed by atoms with Crippen LogP contribution in [0, 0.1) is 17.9 Å². The smallest absolute Gasteiger partial charge is 0.162 e.